The lowest BCUT2D eigenvalue weighted by atomic mass is 9.88. The molecule has 0 radical (unpaired) electrons. The van der Waals surface area contributed by atoms with Gasteiger partial charge in [-0.1, -0.05) is 11.6 Å². The predicted octanol–water partition coefficient (Wildman–Crippen LogP) is 5.17. The highest BCUT2D eigenvalue weighted by molar-refractivity contribution is 7.98. The van der Waals surface area contributed by atoms with Gasteiger partial charge < -0.3 is 9.64 Å². The maximum atomic E-state index is 14.5. The van der Waals surface area contributed by atoms with Gasteiger partial charge in [0.1, 0.15) is 10.8 Å². The van der Waals surface area contributed by atoms with Gasteiger partial charge in [0.15, 0.2) is 5.82 Å². The van der Waals surface area contributed by atoms with Crippen LogP contribution in [-0.4, -0.2) is 40.4 Å². The van der Waals surface area contributed by atoms with E-state index in [9.17, 15) is 9.18 Å². The number of halogens is 2. The molecule has 0 spiro atoms. The summed E-state index contributed by atoms with van der Waals surface area (Å²) in [4.78, 5) is 18.7. The van der Waals surface area contributed by atoms with Gasteiger partial charge in [-0.2, -0.15) is 0 Å². The minimum Gasteiger partial charge on any atom is -0.444 e. The van der Waals surface area contributed by atoms with E-state index in [0.717, 1.165) is 12.8 Å². The monoisotopic (exact) mass is 388 g/mol. The van der Waals surface area contributed by atoms with Crippen molar-refractivity contribution < 1.29 is 13.9 Å². The first-order valence-electron chi connectivity index (χ1n) is 8.49. The highest BCUT2D eigenvalue weighted by Crippen LogP contribution is 2.30. The third kappa shape index (κ3) is 5.48. The number of aromatic nitrogens is 1. The standard InChI is InChI=1S/C18H26ClFN2O2S/c1-11-8-12(6-7-22(11)17(23)24-18(2,3)4)9-13-16(20)14(25-5)10-15(19)21-13/h10-12H,6-9H2,1-5H3/t11-,12?/m1/s1. The second kappa shape index (κ2) is 8.12. The van der Waals surface area contributed by atoms with Gasteiger partial charge in [-0.15, -0.1) is 11.8 Å². The molecule has 1 saturated heterocycles. The van der Waals surface area contributed by atoms with E-state index in [0.29, 0.717) is 28.7 Å². The zero-order valence-corrected chi connectivity index (χ0v) is 17.0. The number of hydrogen-bond donors (Lipinski definition) is 0. The highest BCUT2D eigenvalue weighted by Gasteiger charge is 2.32. The Balaban J connectivity index is 2.02. The molecule has 1 aromatic rings. The Bertz CT molecular complexity index is 636. The van der Waals surface area contributed by atoms with Crippen molar-refractivity contribution in [1.29, 1.82) is 0 Å². The Kier molecular flexibility index (Phi) is 6.60. The van der Waals surface area contributed by atoms with Gasteiger partial charge in [0.2, 0.25) is 0 Å². The maximum absolute atomic E-state index is 14.5. The number of pyridine rings is 1. The number of carbonyl (C=O) groups excluding carboxylic acids is 1. The summed E-state index contributed by atoms with van der Waals surface area (Å²) in [6.07, 6.45) is 3.66. The Hall–Kier alpha value is -1.01. The Morgan fingerprint density at radius 3 is 2.76 bits per heavy atom. The van der Waals surface area contributed by atoms with Crippen LogP contribution in [0.3, 0.4) is 0 Å². The molecule has 1 unspecified atom stereocenters. The van der Waals surface area contributed by atoms with Gasteiger partial charge in [-0.05, 0) is 65.2 Å². The van der Waals surface area contributed by atoms with Gasteiger partial charge in [0, 0.05) is 17.5 Å². The van der Waals surface area contributed by atoms with E-state index in [-0.39, 0.29) is 23.9 Å². The molecule has 2 heterocycles. The van der Waals surface area contributed by atoms with E-state index in [1.807, 2.05) is 34.0 Å². The fourth-order valence-electron chi connectivity index (χ4n) is 3.13. The summed E-state index contributed by atoms with van der Waals surface area (Å²) >= 11 is 7.34. The molecule has 0 N–H and O–H groups in total. The van der Waals surface area contributed by atoms with Crippen LogP contribution in [0.25, 0.3) is 0 Å². The van der Waals surface area contributed by atoms with E-state index in [4.69, 9.17) is 16.3 Å². The molecule has 1 aromatic heterocycles. The molecule has 25 heavy (non-hydrogen) atoms. The second-order valence-corrected chi connectivity index (χ2v) is 8.76. The van der Waals surface area contributed by atoms with E-state index in [1.54, 1.807) is 11.0 Å². The fourth-order valence-corrected chi connectivity index (χ4v) is 3.93. The van der Waals surface area contributed by atoms with Crippen molar-refractivity contribution in [2.75, 3.05) is 12.8 Å². The molecule has 2 rings (SSSR count). The number of carbonyl (C=O) groups is 1. The molecule has 0 aliphatic carbocycles. The summed E-state index contributed by atoms with van der Waals surface area (Å²) in [5.74, 6) is -0.0111. The third-order valence-electron chi connectivity index (χ3n) is 4.28. The minimum absolute atomic E-state index is 0.0517. The van der Waals surface area contributed by atoms with Gasteiger partial charge in [0.25, 0.3) is 0 Å². The number of hydrogen-bond acceptors (Lipinski definition) is 4. The number of likely N-dealkylation sites (tertiary alicyclic amines) is 1. The van der Waals surface area contributed by atoms with Crippen molar-refractivity contribution in [3.63, 3.8) is 0 Å². The number of piperidine rings is 1. The summed E-state index contributed by atoms with van der Waals surface area (Å²) in [5, 5.41) is 0.319. The summed E-state index contributed by atoms with van der Waals surface area (Å²) in [7, 11) is 0. The molecular formula is C18H26ClFN2O2S. The average Bonchev–Trinajstić information content (AvgIpc) is 2.48. The molecule has 0 saturated carbocycles. The topological polar surface area (TPSA) is 42.4 Å². The number of ether oxygens (including phenoxy) is 1. The Labute approximate surface area is 158 Å². The molecule has 140 valence electrons. The SMILES string of the molecule is CSc1cc(Cl)nc(CC2CCN(C(=O)OC(C)(C)C)[C@H](C)C2)c1F. The number of nitrogens with zero attached hydrogens (tertiary/aromatic N) is 2. The molecule has 7 heteroatoms. The lowest BCUT2D eigenvalue weighted by Gasteiger charge is -2.38. The van der Waals surface area contributed by atoms with Crippen molar-refractivity contribution in [1.82, 2.24) is 9.88 Å². The zero-order chi connectivity index (χ0) is 18.8. The first-order valence-corrected chi connectivity index (χ1v) is 10.1. The number of rotatable bonds is 3. The van der Waals surface area contributed by atoms with Crippen molar-refractivity contribution in [3.8, 4) is 0 Å². The number of amides is 1. The quantitative estimate of drug-likeness (QED) is 0.529. The zero-order valence-electron chi connectivity index (χ0n) is 15.4. The van der Waals surface area contributed by atoms with Crippen LogP contribution in [0.15, 0.2) is 11.0 Å². The van der Waals surface area contributed by atoms with Crippen LogP contribution in [0, 0.1) is 11.7 Å². The van der Waals surface area contributed by atoms with Crippen molar-refractivity contribution in [2.24, 2.45) is 5.92 Å². The van der Waals surface area contributed by atoms with Gasteiger partial charge >= 0.3 is 6.09 Å². The van der Waals surface area contributed by atoms with Crippen LogP contribution in [0.4, 0.5) is 9.18 Å². The Morgan fingerprint density at radius 2 is 2.20 bits per heavy atom. The molecule has 1 aliphatic rings. The first-order chi connectivity index (χ1) is 11.6. The minimum atomic E-state index is -0.504. The predicted molar refractivity (Wildman–Crippen MR) is 99.8 cm³/mol. The van der Waals surface area contributed by atoms with Crippen LogP contribution < -0.4 is 0 Å². The fraction of sp³-hybridized carbons (Fsp3) is 0.667. The van der Waals surface area contributed by atoms with E-state index in [2.05, 4.69) is 4.98 Å². The van der Waals surface area contributed by atoms with Gasteiger partial charge in [-0.3, -0.25) is 0 Å². The molecule has 0 bridgehead atoms. The summed E-state index contributed by atoms with van der Waals surface area (Å²) in [5.41, 5.74) is -0.0878. The average molecular weight is 389 g/mol. The van der Waals surface area contributed by atoms with Gasteiger partial charge in [0.05, 0.1) is 5.69 Å². The molecule has 1 fully saturated rings. The Morgan fingerprint density at radius 1 is 1.52 bits per heavy atom. The third-order valence-corrected chi connectivity index (χ3v) is 5.21. The maximum Gasteiger partial charge on any atom is 0.410 e. The van der Waals surface area contributed by atoms with Crippen LogP contribution in [-0.2, 0) is 11.2 Å². The first kappa shape index (κ1) is 20.3. The summed E-state index contributed by atoms with van der Waals surface area (Å²) < 4.78 is 19.9. The molecule has 0 aromatic carbocycles. The lowest BCUT2D eigenvalue weighted by molar-refractivity contribution is 0.00710. The molecule has 4 nitrogen and oxygen atoms in total. The van der Waals surface area contributed by atoms with Crippen molar-refractivity contribution in [3.05, 3.63) is 22.7 Å². The highest BCUT2D eigenvalue weighted by atomic mass is 35.5. The molecule has 2 atom stereocenters. The summed E-state index contributed by atoms with van der Waals surface area (Å²) in [6, 6.07) is 1.61. The molecular weight excluding hydrogens is 363 g/mol. The largest absolute Gasteiger partial charge is 0.444 e. The van der Waals surface area contributed by atoms with Gasteiger partial charge in [-0.25, -0.2) is 14.2 Å². The van der Waals surface area contributed by atoms with E-state index in [1.165, 1.54) is 11.8 Å². The normalized spacial score (nSPS) is 21.3. The van der Waals surface area contributed by atoms with Crippen LogP contribution in [0.1, 0.15) is 46.2 Å². The smallest absolute Gasteiger partial charge is 0.410 e. The van der Waals surface area contributed by atoms with Crippen molar-refractivity contribution in [2.45, 2.75) is 63.5 Å². The van der Waals surface area contributed by atoms with Crippen molar-refractivity contribution >= 4 is 29.5 Å². The van der Waals surface area contributed by atoms with E-state index >= 15 is 0 Å². The van der Waals surface area contributed by atoms with Crippen LogP contribution in [0.5, 0.6) is 0 Å². The van der Waals surface area contributed by atoms with E-state index < -0.39 is 5.60 Å². The molecule has 1 aliphatic heterocycles. The summed E-state index contributed by atoms with van der Waals surface area (Å²) in [6.45, 7) is 8.20. The van der Waals surface area contributed by atoms with Crippen LogP contribution in [0.2, 0.25) is 5.15 Å². The molecule has 1 amide bonds. The van der Waals surface area contributed by atoms with Crippen LogP contribution >= 0.6 is 23.4 Å². The number of thioether (sulfide) groups is 1. The second-order valence-electron chi connectivity index (χ2n) is 7.53. The lowest BCUT2D eigenvalue weighted by Crippen LogP contribution is -2.47.